The Morgan fingerprint density at radius 2 is 1.56 bits per heavy atom. The smallest absolute Gasteiger partial charge is 0.194 e. The Balaban J connectivity index is 3.13. The first-order valence-corrected chi connectivity index (χ1v) is 5.78. The molecule has 0 saturated heterocycles. The van der Waals surface area contributed by atoms with Crippen LogP contribution in [-0.2, 0) is 0 Å². The van der Waals surface area contributed by atoms with Crippen LogP contribution in [0, 0.1) is 13.8 Å². The highest BCUT2D eigenvalue weighted by molar-refractivity contribution is 6.02. The number of aryl methyl sites for hydroxylation is 2. The highest BCUT2D eigenvalue weighted by Crippen LogP contribution is 2.22. The summed E-state index contributed by atoms with van der Waals surface area (Å²) < 4.78 is 0. The maximum Gasteiger partial charge on any atom is 0.194 e. The van der Waals surface area contributed by atoms with Crippen LogP contribution >= 0.6 is 0 Å². The summed E-state index contributed by atoms with van der Waals surface area (Å²) in [5.41, 5.74) is 1.51. The zero-order valence-corrected chi connectivity index (χ0v) is 10.5. The molecule has 0 fully saturated rings. The van der Waals surface area contributed by atoms with Gasteiger partial charge in [0.1, 0.15) is 5.60 Å². The van der Waals surface area contributed by atoms with Crippen LogP contribution in [0.1, 0.15) is 48.2 Å². The zero-order valence-electron chi connectivity index (χ0n) is 10.5. The average Bonchev–Trinajstić information content (AvgIpc) is 2.25. The van der Waals surface area contributed by atoms with Crippen LogP contribution in [0.3, 0.4) is 0 Å². The molecule has 0 spiro atoms. The lowest BCUT2D eigenvalue weighted by atomic mass is 9.87. The summed E-state index contributed by atoms with van der Waals surface area (Å²) in [6, 6.07) is 5.70. The molecule has 2 heteroatoms. The van der Waals surface area contributed by atoms with Gasteiger partial charge in [0.2, 0.25) is 0 Å². The molecule has 16 heavy (non-hydrogen) atoms. The number of rotatable bonds is 4. The van der Waals surface area contributed by atoms with Crippen LogP contribution in [0.25, 0.3) is 0 Å². The van der Waals surface area contributed by atoms with Crippen molar-refractivity contribution in [2.24, 2.45) is 0 Å². The van der Waals surface area contributed by atoms with Gasteiger partial charge >= 0.3 is 0 Å². The Bertz CT molecular complexity index is 369. The molecule has 1 rings (SSSR count). The quantitative estimate of drug-likeness (QED) is 0.792. The van der Waals surface area contributed by atoms with Gasteiger partial charge in [-0.05, 0) is 38.8 Å². The second-order valence-electron chi connectivity index (χ2n) is 4.44. The Morgan fingerprint density at radius 1 is 1.12 bits per heavy atom. The van der Waals surface area contributed by atoms with Crippen molar-refractivity contribution >= 4 is 5.78 Å². The van der Waals surface area contributed by atoms with Crippen molar-refractivity contribution < 1.29 is 9.90 Å². The molecule has 0 saturated carbocycles. The highest BCUT2D eigenvalue weighted by atomic mass is 16.3. The molecule has 0 unspecified atom stereocenters. The molecule has 0 amide bonds. The van der Waals surface area contributed by atoms with E-state index in [9.17, 15) is 9.90 Å². The van der Waals surface area contributed by atoms with E-state index in [1.54, 1.807) is 0 Å². The van der Waals surface area contributed by atoms with Crippen LogP contribution < -0.4 is 0 Å². The van der Waals surface area contributed by atoms with E-state index < -0.39 is 5.60 Å². The van der Waals surface area contributed by atoms with Crippen molar-refractivity contribution in [3.8, 4) is 0 Å². The standard InChI is InChI=1S/C14H20O2/c1-5-14(16,6-2)13(15)12-8-10(3)7-11(4)9-12/h7-9,16H,5-6H2,1-4H3. The van der Waals surface area contributed by atoms with Gasteiger partial charge in [-0.15, -0.1) is 0 Å². The largest absolute Gasteiger partial charge is 0.382 e. The van der Waals surface area contributed by atoms with Crippen LogP contribution in [0.15, 0.2) is 18.2 Å². The first kappa shape index (κ1) is 12.9. The molecule has 0 bridgehead atoms. The van der Waals surface area contributed by atoms with Gasteiger partial charge in [0.05, 0.1) is 0 Å². The minimum absolute atomic E-state index is 0.163. The molecule has 0 heterocycles. The Kier molecular flexibility index (Phi) is 3.87. The van der Waals surface area contributed by atoms with Crippen molar-refractivity contribution in [3.63, 3.8) is 0 Å². The summed E-state index contributed by atoms with van der Waals surface area (Å²) >= 11 is 0. The number of hydrogen-bond donors (Lipinski definition) is 1. The zero-order chi connectivity index (χ0) is 12.3. The summed E-state index contributed by atoms with van der Waals surface area (Å²) in [7, 11) is 0. The van der Waals surface area contributed by atoms with Crippen molar-refractivity contribution in [1.29, 1.82) is 0 Å². The summed E-state index contributed by atoms with van der Waals surface area (Å²) in [6.45, 7) is 7.59. The number of carbonyl (C=O) groups is 1. The number of carbonyl (C=O) groups excluding carboxylic acids is 1. The number of aliphatic hydroxyl groups is 1. The van der Waals surface area contributed by atoms with E-state index >= 15 is 0 Å². The Morgan fingerprint density at radius 3 is 1.94 bits per heavy atom. The van der Waals surface area contributed by atoms with E-state index in [0.717, 1.165) is 11.1 Å². The highest BCUT2D eigenvalue weighted by Gasteiger charge is 2.32. The number of benzene rings is 1. The van der Waals surface area contributed by atoms with Gasteiger partial charge in [-0.25, -0.2) is 0 Å². The molecule has 1 N–H and O–H groups in total. The third-order valence-corrected chi connectivity index (χ3v) is 3.08. The van der Waals surface area contributed by atoms with Crippen LogP contribution in [-0.4, -0.2) is 16.5 Å². The lowest BCUT2D eigenvalue weighted by molar-refractivity contribution is 0.0277. The predicted molar refractivity (Wildman–Crippen MR) is 65.8 cm³/mol. The second kappa shape index (κ2) is 4.79. The molecule has 88 valence electrons. The average molecular weight is 220 g/mol. The van der Waals surface area contributed by atoms with E-state index in [-0.39, 0.29) is 5.78 Å². The third-order valence-electron chi connectivity index (χ3n) is 3.08. The Hall–Kier alpha value is -1.15. The van der Waals surface area contributed by atoms with Gasteiger partial charge in [-0.3, -0.25) is 4.79 Å². The molecule has 0 radical (unpaired) electrons. The molecule has 0 aliphatic carbocycles. The summed E-state index contributed by atoms with van der Waals surface area (Å²) in [5.74, 6) is -0.163. The van der Waals surface area contributed by atoms with E-state index in [2.05, 4.69) is 0 Å². The molecule has 0 aliphatic rings. The first-order valence-electron chi connectivity index (χ1n) is 5.78. The molecule has 1 aromatic carbocycles. The lowest BCUT2D eigenvalue weighted by Gasteiger charge is -2.23. The van der Waals surface area contributed by atoms with Gasteiger partial charge in [-0.1, -0.05) is 31.0 Å². The number of ketones is 1. The fourth-order valence-electron chi connectivity index (χ4n) is 1.95. The molecule has 2 nitrogen and oxygen atoms in total. The number of Topliss-reactive ketones (excluding diaryl/α,β-unsaturated/α-hetero) is 1. The van der Waals surface area contributed by atoms with Crippen molar-refractivity contribution in [2.75, 3.05) is 0 Å². The lowest BCUT2D eigenvalue weighted by Crippen LogP contribution is -2.37. The third kappa shape index (κ3) is 2.50. The number of hydrogen-bond acceptors (Lipinski definition) is 2. The van der Waals surface area contributed by atoms with Crippen LogP contribution in [0.4, 0.5) is 0 Å². The molecule has 0 aromatic heterocycles. The van der Waals surface area contributed by atoms with Crippen molar-refractivity contribution in [3.05, 3.63) is 34.9 Å². The van der Waals surface area contributed by atoms with E-state index in [1.165, 1.54) is 0 Å². The van der Waals surface area contributed by atoms with Gasteiger partial charge in [0, 0.05) is 5.56 Å². The van der Waals surface area contributed by atoms with Gasteiger partial charge in [0.25, 0.3) is 0 Å². The van der Waals surface area contributed by atoms with Crippen molar-refractivity contribution in [1.82, 2.24) is 0 Å². The SMILES string of the molecule is CCC(O)(CC)C(=O)c1cc(C)cc(C)c1. The fourth-order valence-corrected chi connectivity index (χ4v) is 1.95. The van der Waals surface area contributed by atoms with Gasteiger partial charge in [-0.2, -0.15) is 0 Å². The molecule has 0 aliphatic heterocycles. The monoisotopic (exact) mass is 220 g/mol. The molecule has 0 atom stereocenters. The van der Waals surface area contributed by atoms with E-state index in [0.29, 0.717) is 18.4 Å². The Labute approximate surface area is 97.3 Å². The van der Waals surface area contributed by atoms with E-state index in [1.807, 2.05) is 45.9 Å². The molecular weight excluding hydrogens is 200 g/mol. The summed E-state index contributed by atoms with van der Waals surface area (Å²) in [5, 5.41) is 10.2. The minimum atomic E-state index is -1.21. The minimum Gasteiger partial charge on any atom is -0.382 e. The molecular formula is C14H20O2. The maximum atomic E-state index is 12.2. The topological polar surface area (TPSA) is 37.3 Å². The van der Waals surface area contributed by atoms with Crippen LogP contribution in [0.2, 0.25) is 0 Å². The van der Waals surface area contributed by atoms with E-state index in [4.69, 9.17) is 0 Å². The maximum absolute atomic E-state index is 12.2. The predicted octanol–water partition coefficient (Wildman–Crippen LogP) is 3.04. The van der Waals surface area contributed by atoms with Gasteiger partial charge in [0.15, 0.2) is 5.78 Å². The normalized spacial score (nSPS) is 11.6. The summed E-state index contributed by atoms with van der Waals surface area (Å²) in [6.07, 6.45) is 0.907. The van der Waals surface area contributed by atoms with Gasteiger partial charge < -0.3 is 5.11 Å². The second-order valence-corrected chi connectivity index (χ2v) is 4.44. The van der Waals surface area contributed by atoms with Crippen molar-refractivity contribution in [2.45, 2.75) is 46.1 Å². The fraction of sp³-hybridized carbons (Fsp3) is 0.500. The van der Waals surface area contributed by atoms with Crippen LogP contribution in [0.5, 0.6) is 0 Å². The molecule has 1 aromatic rings. The first-order chi connectivity index (χ1) is 7.42. The summed E-state index contributed by atoms with van der Waals surface area (Å²) in [4.78, 5) is 12.2.